The van der Waals surface area contributed by atoms with Crippen LogP contribution in [0, 0.1) is 10.1 Å². The molecule has 1 N–H and O–H groups in total. The van der Waals surface area contributed by atoms with E-state index in [4.69, 9.17) is 0 Å². The maximum Gasteiger partial charge on any atom is 0.353 e. The molecule has 1 aromatic carbocycles. The quantitative estimate of drug-likeness (QED) is 0.195. The summed E-state index contributed by atoms with van der Waals surface area (Å²) in [4.78, 5) is 32.8. The summed E-state index contributed by atoms with van der Waals surface area (Å²) >= 11 is 0. The average molecular weight is 282 g/mol. The molecule has 19 heavy (non-hydrogen) atoms. The van der Waals surface area contributed by atoms with Gasteiger partial charge >= 0.3 is 11.9 Å². The summed E-state index contributed by atoms with van der Waals surface area (Å²) < 4.78 is 8.97. The summed E-state index contributed by atoms with van der Waals surface area (Å²) in [5.74, 6) is -2.05. The number of hydrogen-bond donors (Lipinski definition) is 1. The topological polar surface area (TPSA) is 108 Å². The average Bonchev–Trinajstić information content (AvgIpc) is 2.39. The molecule has 0 aromatic heterocycles. The molecule has 0 aliphatic heterocycles. The van der Waals surface area contributed by atoms with Gasteiger partial charge in [0.25, 0.3) is 5.69 Å². The third-order valence-electron chi connectivity index (χ3n) is 1.92. The predicted molar refractivity (Wildman–Crippen MR) is 66.8 cm³/mol. The van der Waals surface area contributed by atoms with Crippen LogP contribution in [0.15, 0.2) is 36.5 Å². The highest BCUT2D eigenvalue weighted by molar-refractivity contribution is 6.02. The Morgan fingerprint density at radius 3 is 2.68 bits per heavy atom. The van der Waals surface area contributed by atoms with Gasteiger partial charge in [0.05, 0.1) is 4.92 Å². The maximum absolute atomic E-state index is 11.6. The second kappa shape index (κ2) is 7.03. The zero-order chi connectivity index (χ0) is 14.3. The van der Waals surface area contributed by atoms with Crippen LogP contribution in [0.1, 0.15) is 10.4 Å². The van der Waals surface area contributed by atoms with Crippen molar-refractivity contribution >= 4 is 28.1 Å². The lowest BCUT2D eigenvalue weighted by Crippen LogP contribution is -2.13. The molecule has 100 valence electrons. The molecular weight excluding hydrogens is 272 g/mol. The van der Waals surface area contributed by atoms with Crippen LogP contribution >= 0.6 is 0 Å². The molecular formula is C10H10N2O6Si. The van der Waals surface area contributed by atoms with E-state index in [1.165, 1.54) is 18.2 Å². The van der Waals surface area contributed by atoms with Crippen LogP contribution in [0.3, 0.4) is 0 Å². The van der Waals surface area contributed by atoms with Gasteiger partial charge in [-0.1, -0.05) is 12.1 Å². The first-order chi connectivity index (χ1) is 9.06. The zero-order valence-electron chi connectivity index (χ0n) is 9.86. The number of rotatable bonds is 5. The lowest BCUT2D eigenvalue weighted by Gasteiger charge is -2.01. The van der Waals surface area contributed by atoms with Crippen LogP contribution < -0.4 is 5.48 Å². The highest BCUT2D eigenvalue weighted by Crippen LogP contribution is 2.18. The van der Waals surface area contributed by atoms with Gasteiger partial charge in [0.2, 0.25) is 0 Å². The first-order valence-corrected chi connectivity index (χ1v) is 5.82. The van der Waals surface area contributed by atoms with Crippen molar-refractivity contribution in [3.8, 4) is 0 Å². The van der Waals surface area contributed by atoms with Crippen molar-refractivity contribution in [2.24, 2.45) is 0 Å². The molecule has 0 radical (unpaired) electrons. The summed E-state index contributed by atoms with van der Waals surface area (Å²) in [5, 5.41) is 10.7. The number of benzene rings is 1. The SMILES string of the molecule is O=C(C=CNO[SiH3])OC(=O)c1ccccc1[N+](=O)[O-]. The van der Waals surface area contributed by atoms with Crippen LogP contribution in [0.25, 0.3) is 0 Å². The van der Waals surface area contributed by atoms with E-state index in [2.05, 4.69) is 14.7 Å². The van der Waals surface area contributed by atoms with E-state index in [9.17, 15) is 19.7 Å². The fraction of sp³-hybridized carbons (Fsp3) is 0. The molecule has 8 nitrogen and oxygen atoms in total. The van der Waals surface area contributed by atoms with E-state index in [0.717, 1.165) is 18.3 Å². The summed E-state index contributed by atoms with van der Waals surface area (Å²) in [6, 6.07) is 5.19. The van der Waals surface area contributed by atoms with Gasteiger partial charge in [-0.3, -0.25) is 15.6 Å². The predicted octanol–water partition coefficient (Wildman–Crippen LogP) is -0.407. The monoisotopic (exact) mass is 282 g/mol. The number of nitro groups is 1. The van der Waals surface area contributed by atoms with E-state index in [1.54, 1.807) is 0 Å². The van der Waals surface area contributed by atoms with E-state index in [-0.39, 0.29) is 5.56 Å². The third-order valence-corrected chi connectivity index (χ3v) is 2.15. The third kappa shape index (κ3) is 4.33. The molecule has 0 bridgehead atoms. The van der Waals surface area contributed by atoms with Gasteiger partial charge in [0, 0.05) is 18.3 Å². The van der Waals surface area contributed by atoms with Crippen molar-refractivity contribution in [2.75, 3.05) is 0 Å². The van der Waals surface area contributed by atoms with Gasteiger partial charge in [-0.15, -0.1) is 0 Å². The minimum absolute atomic E-state index is 0.290. The number of hydrogen-bond acceptors (Lipinski definition) is 7. The largest absolute Gasteiger partial charge is 0.386 e. The van der Waals surface area contributed by atoms with Crippen molar-refractivity contribution < 1.29 is 23.8 Å². The summed E-state index contributed by atoms with van der Waals surface area (Å²) in [7, 11) is 0.417. The summed E-state index contributed by atoms with van der Waals surface area (Å²) in [6.07, 6.45) is 2.06. The molecule has 0 heterocycles. The molecule has 0 amide bonds. The van der Waals surface area contributed by atoms with Crippen molar-refractivity contribution in [2.45, 2.75) is 0 Å². The second-order valence-electron chi connectivity index (χ2n) is 3.14. The lowest BCUT2D eigenvalue weighted by molar-refractivity contribution is -0.385. The van der Waals surface area contributed by atoms with Crippen molar-refractivity contribution in [1.29, 1.82) is 0 Å². The van der Waals surface area contributed by atoms with E-state index in [0.29, 0.717) is 10.5 Å². The van der Waals surface area contributed by atoms with Crippen molar-refractivity contribution in [3.05, 3.63) is 52.2 Å². The Morgan fingerprint density at radius 1 is 1.37 bits per heavy atom. The Balaban J connectivity index is 2.79. The van der Waals surface area contributed by atoms with Crippen molar-refractivity contribution in [1.82, 2.24) is 5.48 Å². The number of para-hydroxylation sites is 1. The van der Waals surface area contributed by atoms with Gasteiger partial charge in [0.1, 0.15) is 5.56 Å². The fourth-order valence-corrected chi connectivity index (χ4v) is 1.29. The first-order valence-electron chi connectivity index (χ1n) is 5.01. The summed E-state index contributed by atoms with van der Waals surface area (Å²) in [6.45, 7) is 0. The number of carbonyl (C=O) groups is 2. The molecule has 0 saturated heterocycles. The number of hydroxylamine groups is 1. The molecule has 0 saturated carbocycles. The number of nitrogens with zero attached hydrogens (tertiary/aromatic N) is 1. The van der Waals surface area contributed by atoms with Crippen LogP contribution in [-0.2, 0) is 14.1 Å². The van der Waals surface area contributed by atoms with Crippen LogP contribution in [0.4, 0.5) is 5.69 Å². The normalized spacial score (nSPS) is 10.3. The molecule has 1 aromatic rings. The van der Waals surface area contributed by atoms with Gasteiger partial charge in [-0.25, -0.2) is 9.59 Å². The van der Waals surface area contributed by atoms with E-state index < -0.39 is 22.5 Å². The van der Waals surface area contributed by atoms with Crippen LogP contribution in [-0.4, -0.2) is 27.3 Å². The molecule has 0 spiro atoms. The van der Waals surface area contributed by atoms with Crippen LogP contribution in [0.2, 0.25) is 0 Å². The highest BCUT2D eigenvalue weighted by Gasteiger charge is 2.21. The molecule has 9 heteroatoms. The minimum Gasteiger partial charge on any atom is -0.386 e. The number of carbonyl (C=O) groups excluding carboxylic acids is 2. The standard InChI is InChI=1S/C10H10N2O6Si/c13-9(5-6-11-18-19)17-10(14)7-3-1-2-4-8(7)12(15)16/h1-6,11H,19H3. The van der Waals surface area contributed by atoms with E-state index in [1.807, 2.05) is 0 Å². The minimum atomic E-state index is -1.09. The number of nitro benzene ring substituents is 1. The molecule has 1 rings (SSSR count). The Hall–Kier alpha value is -2.52. The first kappa shape index (κ1) is 14.5. The Labute approximate surface area is 110 Å². The zero-order valence-corrected chi connectivity index (χ0v) is 11.9. The molecule has 0 atom stereocenters. The fourth-order valence-electron chi connectivity index (χ4n) is 1.16. The number of nitrogens with one attached hydrogen (secondary N) is 1. The van der Waals surface area contributed by atoms with Gasteiger partial charge in [0.15, 0.2) is 10.5 Å². The molecule has 0 unspecified atom stereocenters. The lowest BCUT2D eigenvalue weighted by atomic mass is 10.2. The summed E-state index contributed by atoms with van der Waals surface area (Å²) in [5.41, 5.74) is 1.57. The van der Waals surface area contributed by atoms with Gasteiger partial charge < -0.3 is 9.26 Å². The maximum atomic E-state index is 11.6. The number of ether oxygens (including phenoxy) is 1. The Morgan fingerprint density at radius 2 is 2.05 bits per heavy atom. The highest BCUT2D eigenvalue weighted by atomic mass is 28.2. The smallest absolute Gasteiger partial charge is 0.353 e. The molecule has 0 aliphatic carbocycles. The van der Waals surface area contributed by atoms with Gasteiger partial charge in [-0.2, -0.15) is 0 Å². The second-order valence-corrected chi connectivity index (χ2v) is 3.55. The Bertz CT molecular complexity index is 531. The molecule has 0 aliphatic rings. The molecule has 0 fully saturated rings. The van der Waals surface area contributed by atoms with Gasteiger partial charge in [-0.05, 0) is 6.07 Å². The van der Waals surface area contributed by atoms with E-state index >= 15 is 0 Å². The van der Waals surface area contributed by atoms with Crippen molar-refractivity contribution in [3.63, 3.8) is 0 Å². The Kier molecular flexibility index (Phi) is 5.38. The van der Waals surface area contributed by atoms with Crippen LogP contribution in [0.5, 0.6) is 0 Å². The number of esters is 2.